The molecule has 5 heteroatoms. The molecule has 246 valence electrons. The number of hydrogen-bond donors (Lipinski definition) is 1. The van der Waals surface area contributed by atoms with Gasteiger partial charge >= 0.3 is 0 Å². The first-order valence-corrected chi connectivity index (χ1v) is 16.9. The van der Waals surface area contributed by atoms with E-state index in [2.05, 4.69) is 97.1 Å². The number of benzene rings is 7. The van der Waals surface area contributed by atoms with Gasteiger partial charge in [-0.3, -0.25) is 9.36 Å². The quantitative estimate of drug-likeness (QED) is 0.194. The van der Waals surface area contributed by atoms with Gasteiger partial charge < -0.3 is 10.6 Å². The average Bonchev–Trinajstić information content (AvgIpc) is 3.16. The molecule has 1 heterocycles. The van der Waals surface area contributed by atoms with Gasteiger partial charge in [-0.1, -0.05) is 146 Å². The van der Waals surface area contributed by atoms with Gasteiger partial charge in [0.25, 0.3) is 5.56 Å². The van der Waals surface area contributed by atoms with Gasteiger partial charge in [0, 0.05) is 19.8 Å². The van der Waals surface area contributed by atoms with Crippen molar-refractivity contribution in [3.05, 3.63) is 202 Å². The van der Waals surface area contributed by atoms with Crippen LogP contribution >= 0.6 is 0 Å². The van der Waals surface area contributed by atoms with Crippen molar-refractivity contribution < 1.29 is 0 Å². The van der Waals surface area contributed by atoms with Crippen molar-refractivity contribution in [3.8, 4) is 0 Å². The SMILES string of the molecule is Cc1nc2ccc(N(C)C)cc2c(=O)n1C(c1ccccc1)c1cccc2ccccc12.NC(c1ccccc1)c1cccc2ccccc12. The van der Waals surface area contributed by atoms with Crippen molar-refractivity contribution in [2.24, 2.45) is 5.73 Å². The fourth-order valence-corrected chi connectivity index (χ4v) is 6.83. The van der Waals surface area contributed by atoms with Gasteiger partial charge in [0.2, 0.25) is 0 Å². The highest BCUT2D eigenvalue weighted by Gasteiger charge is 2.23. The third-order valence-corrected chi connectivity index (χ3v) is 9.39. The van der Waals surface area contributed by atoms with Gasteiger partial charge in [0.05, 0.1) is 23.0 Å². The summed E-state index contributed by atoms with van der Waals surface area (Å²) in [6.45, 7) is 1.92. The highest BCUT2D eigenvalue weighted by atomic mass is 16.1. The molecule has 2 unspecified atom stereocenters. The van der Waals surface area contributed by atoms with Crippen LogP contribution in [0, 0.1) is 6.92 Å². The number of nitrogens with zero attached hydrogens (tertiary/aromatic N) is 3. The summed E-state index contributed by atoms with van der Waals surface area (Å²) in [4.78, 5) is 20.8. The summed E-state index contributed by atoms with van der Waals surface area (Å²) in [5.74, 6) is 0.696. The molecule has 8 rings (SSSR count). The van der Waals surface area contributed by atoms with Gasteiger partial charge in [0.1, 0.15) is 5.82 Å². The van der Waals surface area contributed by atoms with Crippen LogP contribution in [0.3, 0.4) is 0 Å². The van der Waals surface area contributed by atoms with E-state index in [1.54, 1.807) is 0 Å². The summed E-state index contributed by atoms with van der Waals surface area (Å²) in [6.07, 6.45) is 0. The molecule has 0 saturated heterocycles. The van der Waals surface area contributed by atoms with E-state index in [1.165, 1.54) is 16.3 Å². The molecule has 0 aliphatic rings. The van der Waals surface area contributed by atoms with E-state index in [0.717, 1.165) is 38.7 Å². The monoisotopic (exact) mass is 652 g/mol. The Bertz CT molecular complexity index is 2460. The second-order valence-electron chi connectivity index (χ2n) is 12.8. The standard InChI is InChI=1S/C28H25N3O.C17H15N/c1-19-29-26-17-16-22(30(2)3)18-25(26)28(32)31(19)27(21-11-5-4-6-12-21)24-15-9-13-20-10-7-8-14-23(20)24;18-17(14-8-2-1-3-9-14)16-12-6-10-13-7-4-5-11-15(13)16/h4-18,27H,1-3H3;1-12,17H,18H2. The lowest BCUT2D eigenvalue weighted by Gasteiger charge is -2.25. The number of rotatable bonds is 6. The van der Waals surface area contributed by atoms with Crippen molar-refractivity contribution in [2.75, 3.05) is 19.0 Å². The maximum atomic E-state index is 14.0. The maximum Gasteiger partial charge on any atom is 0.262 e. The molecule has 2 atom stereocenters. The van der Waals surface area contributed by atoms with Crippen LogP contribution in [-0.4, -0.2) is 23.6 Å². The van der Waals surface area contributed by atoms with Crippen LogP contribution in [0.2, 0.25) is 0 Å². The van der Waals surface area contributed by atoms with E-state index >= 15 is 0 Å². The molecule has 0 bridgehead atoms. The normalized spacial score (nSPS) is 12.3. The topological polar surface area (TPSA) is 64.2 Å². The summed E-state index contributed by atoms with van der Waals surface area (Å²) in [5.41, 5.74) is 12.5. The predicted octanol–water partition coefficient (Wildman–Crippen LogP) is 9.45. The summed E-state index contributed by atoms with van der Waals surface area (Å²) in [7, 11) is 3.95. The van der Waals surface area contributed by atoms with Crippen LogP contribution < -0.4 is 16.2 Å². The summed E-state index contributed by atoms with van der Waals surface area (Å²) in [5, 5.41) is 5.39. The average molecular weight is 653 g/mol. The van der Waals surface area contributed by atoms with Crippen LogP contribution in [-0.2, 0) is 0 Å². The van der Waals surface area contributed by atoms with Gasteiger partial charge in [-0.05, 0) is 68.9 Å². The molecule has 0 radical (unpaired) electrons. The van der Waals surface area contributed by atoms with E-state index < -0.39 is 0 Å². The molecule has 0 spiro atoms. The minimum Gasteiger partial charge on any atom is -0.378 e. The fraction of sp³-hybridized carbons (Fsp3) is 0.111. The van der Waals surface area contributed by atoms with E-state index in [-0.39, 0.29) is 17.6 Å². The van der Waals surface area contributed by atoms with Gasteiger partial charge in [-0.15, -0.1) is 0 Å². The Morgan fingerprint density at radius 3 is 1.72 bits per heavy atom. The van der Waals surface area contributed by atoms with Crippen molar-refractivity contribution in [2.45, 2.75) is 19.0 Å². The molecule has 0 amide bonds. The number of nitrogens with two attached hydrogens (primary N) is 1. The van der Waals surface area contributed by atoms with Crippen molar-refractivity contribution in [1.82, 2.24) is 9.55 Å². The molecule has 50 heavy (non-hydrogen) atoms. The summed E-state index contributed by atoms with van der Waals surface area (Å²) < 4.78 is 1.85. The minimum atomic E-state index is -0.283. The van der Waals surface area contributed by atoms with Crippen molar-refractivity contribution in [3.63, 3.8) is 0 Å². The van der Waals surface area contributed by atoms with E-state index in [1.807, 2.05) is 97.2 Å². The Morgan fingerprint density at radius 1 is 0.580 bits per heavy atom. The molecule has 8 aromatic rings. The molecule has 0 saturated carbocycles. The Balaban J connectivity index is 0.000000184. The number of aromatic nitrogens is 2. The van der Waals surface area contributed by atoms with E-state index in [4.69, 9.17) is 10.7 Å². The fourth-order valence-electron chi connectivity index (χ4n) is 6.83. The second-order valence-corrected chi connectivity index (χ2v) is 12.8. The van der Waals surface area contributed by atoms with Crippen LogP contribution in [0.25, 0.3) is 32.4 Å². The Hall–Kier alpha value is -6.04. The minimum absolute atomic E-state index is 0.0296. The summed E-state index contributed by atoms with van der Waals surface area (Å²) >= 11 is 0. The highest BCUT2D eigenvalue weighted by molar-refractivity contribution is 5.88. The van der Waals surface area contributed by atoms with Gasteiger partial charge in [0.15, 0.2) is 0 Å². The first kappa shape index (κ1) is 32.5. The Labute approximate surface area is 292 Å². The van der Waals surface area contributed by atoms with Crippen LogP contribution in [0.4, 0.5) is 5.69 Å². The number of anilines is 1. The first-order chi connectivity index (χ1) is 24.4. The highest BCUT2D eigenvalue weighted by Crippen LogP contribution is 2.33. The number of hydrogen-bond acceptors (Lipinski definition) is 4. The molecule has 0 aliphatic carbocycles. The molecule has 1 aromatic heterocycles. The molecular formula is C45H40N4O. The van der Waals surface area contributed by atoms with Crippen LogP contribution in [0.15, 0.2) is 169 Å². The largest absolute Gasteiger partial charge is 0.378 e. The molecule has 5 nitrogen and oxygen atoms in total. The maximum absolute atomic E-state index is 14.0. The van der Waals surface area contributed by atoms with Gasteiger partial charge in [-0.2, -0.15) is 0 Å². The van der Waals surface area contributed by atoms with Crippen molar-refractivity contribution in [1.29, 1.82) is 0 Å². The van der Waals surface area contributed by atoms with E-state index in [9.17, 15) is 4.79 Å². The number of fused-ring (bicyclic) bond motifs is 3. The second kappa shape index (κ2) is 14.2. The lowest BCUT2D eigenvalue weighted by Crippen LogP contribution is -2.30. The molecular weight excluding hydrogens is 613 g/mol. The third-order valence-electron chi connectivity index (χ3n) is 9.39. The Kier molecular flexibility index (Phi) is 9.24. The predicted molar refractivity (Wildman–Crippen MR) is 209 cm³/mol. The smallest absolute Gasteiger partial charge is 0.262 e. The lowest BCUT2D eigenvalue weighted by molar-refractivity contribution is 0.623. The lowest BCUT2D eigenvalue weighted by atomic mass is 9.93. The molecule has 2 N–H and O–H groups in total. The van der Waals surface area contributed by atoms with Crippen LogP contribution in [0.1, 0.15) is 40.2 Å². The molecule has 0 aliphatic heterocycles. The Morgan fingerprint density at radius 2 is 1.10 bits per heavy atom. The molecule has 7 aromatic carbocycles. The zero-order valence-corrected chi connectivity index (χ0v) is 28.6. The first-order valence-electron chi connectivity index (χ1n) is 16.9. The van der Waals surface area contributed by atoms with Gasteiger partial charge in [-0.25, -0.2) is 4.98 Å². The number of aryl methyl sites for hydroxylation is 1. The third kappa shape index (κ3) is 6.39. The van der Waals surface area contributed by atoms with E-state index in [0.29, 0.717) is 11.2 Å². The molecule has 0 fully saturated rings. The van der Waals surface area contributed by atoms with Crippen molar-refractivity contribution >= 4 is 38.1 Å². The zero-order valence-electron chi connectivity index (χ0n) is 28.6. The van der Waals surface area contributed by atoms with Crippen LogP contribution in [0.5, 0.6) is 0 Å². The summed E-state index contributed by atoms with van der Waals surface area (Å²) in [6, 6.07) is 55.2. The zero-order chi connectivity index (χ0) is 34.6.